The lowest BCUT2D eigenvalue weighted by Crippen LogP contribution is -2.39. The van der Waals surface area contributed by atoms with E-state index in [9.17, 15) is 5.11 Å². The van der Waals surface area contributed by atoms with E-state index < -0.39 is 0 Å². The van der Waals surface area contributed by atoms with Crippen LogP contribution in [0.1, 0.15) is 50.2 Å². The number of phenols is 1. The van der Waals surface area contributed by atoms with Gasteiger partial charge in [0.05, 0.1) is 7.11 Å². The molecule has 1 saturated carbocycles. The van der Waals surface area contributed by atoms with E-state index in [0.29, 0.717) is 22.3 Å². The van der Waals surface area contributed by atoms with Crippen LogP contribution in [0.4, 0.5) is 0 Å². The zero-order chi connectivity index (χ0) is 15.2. The molecule has 0 spiro atoms. The maximum atomic E-state index is 9.94. The molecule has 1 aliphatic carbocycles. The number of thioether (sulfide) groups is 1. The zero-order valence-electron chi connectivity index (χ0n) is 13.5. The molecule has 0 bridgehead atoms. The van der Waals surface area contributed by atoms with Gasteiger partial charge in [0, 0.05) is 4.75 Å². The van der Waals surface area contributed by atoms with Crippen LogP contribution in [0.3, 0.4) is 0 Å². The molecule has 0 amide bonds. The first-order chi connectivity index (χ1) is 9.96. The van der Waals surface area contributed by atoms with E-state index >= 15 is 0 Å². The van der Waals surface area contributed by atoms with Gasteiger partial charge in [0.25, 0.3) is 0 Å². The Bertz CT molecular complexity index is 542. The molecule has 3 heteroatoms. The zero-order valence-corrected chi connectivity index (χ0v) is 14.3. The fourth-order valence-corrected chi connectivity index (χ4v) is 6.23. The fraction of sp³-hybridized carbons (Fsp3) is 0.667. The lowest BCUT2D eigenvalue weighted by atomic mass is 9.64. The molecule has 1 aromatic rings. The molecule has 2 fully saturated rings. The average Bonchev–Trinajstić information content (AvgIpc) is 2.83. The largest absolute Gasteiger partial charge is 0.504 e. The van der Waals surface area contributed by atoms with Crippen molar-refractivity contribution in [1.29, 1.82) is 0 Å². The van der Waals surface area contributed by atoms with E-state index in [2.05, 4.69) is 38.6 Å². The van der Waals surface area contributed by atoms with Crippen molar-refractivity contribution < 1.29 is 9.84 Å². The van der Waals surface area contributed by atoms with E-state index in [-0.39, 0.29) is 5.75 Å². The summed E-state index contributed by atoms with van der Waals surface area (Å²) in [6.07, 6.45) is 3.91. The molecule has 1 N–H and O–H groups in total. The van der Waals surface area contributed by atoms with E-state index in [0.717, 1.165) is 5.92 Å². The number of rotatable bonds is 2. The normalized spacial score (nSPS) is 35.5. The lowest BCUT2D eigenvalue weighted by Gasteiger charge is -2.45. The predicted octanol–water partition coefficient (Wildman–Crippen LogP) is 4.73. The first-order valence-corrected chi connectivity index (χ1v) is 8.96. The van der Waals surface area contributed by atoms with Gasteiger partial charge in [-0.2, -0.15) is 11.8 Å². The van der Waals surface area contributed by atoms with Crippen molar-refractivity contribution in [3.8, 4) is 11.5 Å². The first kappa shape index (κ1) is 15.1. The Morgan fingerprint density at radius 1 is 1.33 bits per heavy atom. The molecule has 3 unspecified atom stereocenters. The van der Waals surface area contributed by atoms with Crippen LogP contribution < -0.4 is 4.74 Å². The van der Waals surface area contributed by atoms with Gasteiger partial charge in [-0.05, 0) is 73.0 Å². The summed E-state index contributed by atoms with van der Waals surface area (Å²) in [7, 11) is 1.63. The molecule has 1 heterocycles. The standard InChI is InChI=1S/C18H26O2S/c1-11-9-16(19)17(20-4)10-14(11)13-5-7-18(3)15(12(13)2)6-8-21-18/h9-10,12-13,15,19H,5-8H2,1-4H3/t12?,13?,15?,18-/m0/s1. The van der Waals surface area contributed by atoms with Crippen LogP contribution in [0.15, 0.2) is 12.1 Å². The molecule has 0 radical (unpaired) electrons. The van der Waals surface area contributed by atoms with Crippen LogP contribution in [0.5, 0.6) is 11.5 Å². The van der Waals surface area contributed by atoms with Gasteiger partial charge in [-0.25, -0.2) is 0 Å². The third kappa shape index (κ3) is 2.44. The van der Waals surface area contributed by atoms with Crippen molar-refractivity contribution in [2.24, 2.45) is 11.8 Å². The minimum Gasteiger partial charge on any atom is -0.504 e. The maximum absolute atomic E-state index is 9.94. The van der Waals surface area contributed by atoms with Crippen molar-refractivity contribution in [2.45, 2.75) is 50.7 Å². The van der Waals surface area contributed by atoms with Crippen molar-refractivity contribution in [3.63, 3.8) is 0 Å². The Morgan fingerprint density at radius 2 is 2.10 bits per heavy atom. The Kier molecular flexibility index (Phi) is 3.89. The number of benzene rings is 1. The Hall–Kier alpha value is -0.830. The van der Waals surface area contributed by atoms with Crippen LogP contribution in [0, 0.1) is 18.8 Å². The molecular formula is C18H26O2S. The summed E-state index contributed by atoms with van der Waals surface area (Å²) < 4.78 is 5.81. The topological polar surface area (TPSA) is 29.5 Å². The fourth-order valence-electron chi connectivity index (χ4n) is 4.58. The smallest absolute Gasteiger partial charge is 0.160 e. The second kappa shape index (κ2) is 5.42. The highest BCUT2D eigenvalue weighted by Crippen LogP contribution is 2.57. The number of fused-ring (bicyclic) bond motifs is 1. The minimum absolute atomic E-state index is 0.253. The maximum Gasteiger partial charge on any atom is 0.160 e. The lowest BCUT2D eigenvalue weighted by molar-refractivity contribution is 0.182. The summed E-state index contributed by atoms with van der Waals surface area (Å²) in [6.45, 7) is 7.00. The summed E-state index contributed by atoms with van der Waals surface area (Å²) in [5.74, 6) is 4.29. The molecule has 1 saturated heterocycles. The van der Waals surface area contributed by atoms with Gasteiger partial charge < -0.3 is 9.84 Å². The minimum atomic E-state index is 0.253. The van der Waals surface area contributed by atoms with Crippen LogP contribution in [0.2, 0.25) is 0 Å². The highest BCUT2D eigenvalue weighted by atomic mass is 32.2. The van der Waals surface area contributed by atoms with Gasteiger partial charge in [-0.1, -0.05) is 13.8 Å². The SMILES string of the molecule is COc1cc(C2CC[C@]3(C)SCCC3C2C)c(C)cc1O. The van der Waals surface area contributed by atoms with Crippen LogP contribution in [0.25, 0.3) is 0 Å². The number of methoxy groups -OCH3 is 1. The predicted molar refractivity (Wildman–Crippen MR) is 89.5 cm³/mol. The van der Waals surface area contributed by atoms with E-state index in [4.69, 9.17) is 4.74 Å². The molecule has 2 aliphatic rings. The number of aromatic hydroxyl groups is 1. The van der Waals surface area contributed by atoms with Crippen LogP contribution in [-0.4, -0.2) is 22.7 Å². The first-order valence-electron chi connectivity index (χ1n) is 7.97. The van der Waals surface area contributed by atoms with Gasteiger partial charge in [-0.15, -0.1) is 0 Å². The second-order valence-electron chi connectivity index (χ2n) is 6.94. The van der Waals surface area contributed by atoms with E-state index in [1.807, 2.05) is 6.07 Å². The third-order valence-electron chi connectivity index (χ3n) is 5.83. The highest BCUT2D eigenvalue weighted by molar-refractivity contribution is 8.00. The molecule has 116 valence electrons. The van der Waals surface area contributed by atoms with Crippen molar-refractivity contribution in [1.82, 2.24) is 0 Å². The molecule has 1 aromatic carbocycles. The van der Waals surface area contributed by atoms with Crippen LogP contribution >= 0.6 is 11.8 Å². The van der Waals surface area contributed by atoms with E-state index in [1.165, 1.54) is 36.1 Å². The monoisotopic (exact) mass is 306 g/mol. The summed E-state index contributed by atoms with van der Waals surface area (Å²) >= 11 is 2.18. The molecule has 1 aliphatic heterocycles. The number of aryl methyl sites for hydroxylation is 1. The number of hydrogen-bond acceptors (Lipinski definition) is 3. The third-order valence-corrected chi connectivity index (χ3v) is 7.44. The van der Waals surface area contributed by atoms with Crippen molar-refractivity contribution in [3.05, 3.63) is 23.3 Å². The van der Waals surface area contributed by atoms with E-state index in [1.54, 1.807) is 7.11 Å². The summed E-state index contributed by atoms with van der Waals surface area (Å²) in [5, 5.41) is 9.94. The Balaban J connectivity index is 1.94. The molecule has 3 rings (SSSR count). The van der Waals surface area contributed by atoms with Gasteiger partial charge in [-0.3, -0.25) is 0 Å². The molecule has 0 aromatic heterocycles. The number of ether oxygens (including phenoxy) is 1. The summed E-state index contributed by atoms with van der Waals surface area (Å²) in [4.78, 5) is 0. The Morgan fingerprint density at radius 3 is 2.81 bits per heavy atom. The number of phenolic OH excluding ortho intramolecular Hbond substituents is 1. The molecule has 21 heavy (non-hydrogen) atoms. The van der Waals surface area contributed by atoms with Crippen molar-refractivity contribution in [2.75, 3.05) is 12.9 Å². The second-order valence-corrected chi connectivity index (χ2v) is 8.57. The van der Waals surface area contributed by atoms with Crippen molar-refractivity contribution >= 4 is 11.8 Å². The van der Waals surface area contributed by atoms with Gasteiger partial charge >= 0.3 is 0 Å². The van der Waals surface area contributed by atoms with Crippen LogP contribution in [-0.2, 0) is 0 Å². The molecule has 2 nitrogen and oxygen atoms in total. The number of hydrogen-bond donors (Lipinski definition) is 1. The Labute approximate surface area is 132 Å². The van der Waals surface area contributed by atoms with Gasteiger partial charge in [0.15, 0.2) is 11.5 Å². The quantitative estimate of drug-likeness (QED) is 0.856. The van der Waals surface area contributed by atoms with Gasteiger partial charge in [0.2, 0.25) is 0 Å². The average molecular weight is 306 g/mol. The molecule has 4 atom stereocenters. The highest BCUT2D eigenvalue weighted by Gasteiger charge is 2.48. The summed E-state index contributed by atoms with van der Waals surface area (Å²) in [6, 6.07) is 3.93. The summed E-state index contributed by atoms with van der Waals surface area (Å²) in [5.41, 5.74) is 2.57. The van der Waals surface area contributed by atoms with Gasteiger partial charge in [0.1, 0.15) is 0 Å². The molecular weight excluding hydrogens is 280 g/mol.